The number of fused-ring (bicyclic) bond motifs is 1. The minimum atomic E-state index is -1.05. The zero-order valence-electron chi connectivity index (χ0n) is 18.0. The first kappa shape index (κ1) is 26.0. The molecule has 8 heteroatoms. The van der Waals surface area contributed by atoms with Crippen molar-refractivity contribution in [2.75, 3.05) is 18.1 Å². The van der Waals surface area contributed by atoms with Crippen molar-refractivity contribution >= 4 is 51.7 Å². The predicted molar refractivity (Wildman–Crippen MR) is 127 cm³/mol. The van der Waals surface area contributed by atoms with Crippen LogP contribution in [0.1, 0.15) is 30.9 Å². The van der Waals surface area contributed by atoms with E-state index in [2.05, 4.69) is 0 Å². The molecule has 1 N–H and O–H groups in total. The number of ether oxygens (including phenoxy) is 1. The number of amides is 1. The maximum atomic E-state index is 13.4. The molecule has 1 aliphatic heterocycles. The average molecular weight is 521 g/mol. The number of carbonyl (C=O) groups is 3. The standard InChI is InChI=1S/C24H27AsNO5.ClH/c1-2-31-24(30)20(14-12-17-8-4-3-5-9-17)25-19-15-13-18-10-6-7-11-21(18)26(23(19)29)16-22(27)28;/h3-11,19-20H,2,12-16H2,1H3,(H,27,28);1H/t19-,20-;/m0./s1. The van der Waals surface area contributed by atoms with Gasteiger partial charge in [0.2, 0.25) is 0 Å². The third-order valence-corrected chi connectivity index (χ3v) is 8.78. The summed E-state index contributed by atoms with van der Waals surface area (Å²) in [5, 5.41) is 9.38. The molecule has 0 aromatic heterocycles. The van der Waals surface area contributed by atoms with Crippen molar-refractivity contribution in [1.82, 2.24) is 0 Å². The zero-order chi connectivity index (χ0) is 22.2. The van der Waals surface area contributed by atoms with Gasteiger partial charge < -0.3 is 0 Å². The molecule has 0 spiro atoms. The van der Waals surface area contributed by atoms with Crippen molar-refractivity contribution in [3.05, 3.63) is 65.7 Å². The topological polar surface area (TPSA) is 83.9 Å². The summed E-state index contributed by atoms with van der Waals surface area (Å²) in [6.07, 6.45) is 2.66. The number of aryl methyl sites for hydroxylation is 2. The Balaban J connectivity index is 0.00000363. The van der Waals surface area contributed by atoms with Gasteiger partial charge in [-0.3, -0.25) is 0 Å². The largest absolute Gasteiger partial charge is 0.147 e. The van der Waals surface area contributed by atoms with Crippen molar-refractivity contribution < 1.29 is 24.2 Å². The molecule has 0 saturated heterocycles. The van der Waals surface area contributed by atoms with Crippen molar-refractivity contribution in [3.8, 4) is 0 Å². The molecule has 0 bridgehead atoms. The Labute approximate surface area is 201 Å². The first-order valence-corrected chi connectivity index (χ1v) is 12.7. The van der Waals surface area contributed by atoms with Crippen LogP contribution in [0.5, 0.6) is 0 Å². The van der Waals surface area contributed by atoms with Gasteiger partial charge in [-0.25, -0.2) is 0 Å². The Morgan fingerprint density at radius 3 is 2.53 bits per heavy atom. The molecular weight excluding hydrogens is 493 g/mol. The number of halogens is 1. The SMILES string of the molecule is CCOC(=O)[C@H](CCc1ccccc1)[As][C@H]1CCc2ccccc2N(CC(=O)O)C1=O.Cl. The van der Waals surface area contributed by atoms with Crippen molar-refractivity contribution in [3.63, 3.8) is 0 Å². The number of anilines is 1. The number of aliphatic carboxylic acids is 1. The Morgan fingerprint density at radius 1 is 1.16 bits per heavy atom. The van der Waals surface area contributed by atoms with Crippen LogP contribution in [0.3, 0.4) is 0 Å². The minimum absolute atomic E-state index is 0. The number of carboxylic acid groups (broad SMARTS) is 1. The van der Waals surface area contributed by atoms with Crippen molar-refractivity contribution in [1.29, 1.82) is 0 Å². The number of benzene rings is 2. The van der Waals surface area contributed by atoms with E-state index in [0.717, 1.165) is 17.5 Å². The van der Waals surface area contributed by atoms with E-state index in [1.54, 1.807) is 13.0 Å². The summed E-state index contributed by atoms with van der Waals surface area (Å²) >= 11 is -0.703. The molecule has 1 heterocycles. The number of esters is 1. The summed E-state index contributed by atoms with van der Waals surface area (Å²) in [5.41, 5.74) is 2.78. The third-order valence-electron chi connectivity index (χ3n) is 5.28. The first-order chi connectivity index (χ1) is 15.0. The van der Waals surface area contributed by atoms with Gasteiger partial charge in [-0.05, 0) is 0 Å². The maximum Gasteiger partial charge on any atom is -0.147 e. The molecule has 0 saturated carbocycles. The molecule has 2 atom stereocenters. The summed E-state index contributed by atoms with van der Waals surface area (Å²) in [6.45, 7) is 1.71. The molecule has 0 aliphatic carbocycles. The van der Waals surface area contributed by atoms with Gasteiger partial charge in [0.25, 0.3) is 0 Å². The van der Waals surface area contributed by atoms with Gasteiger partial charge in [0.1, 0.15) is 0 Å². The molecule has 6 nitrogen and oxygen atoms in total. The maximum absolute atomic E-state index is 13.4. The first-order valence-electron chi connectivity index (χ1n) is 10.5. The Hall–Kier alpha value is -2.30. The van der Waals surface area contributed by atoms with Crippen LogP contribution in [0.2, 0.25) is 9.41 Å². The Bertz CT molecular complexity index is 924. The second-order valence-corrected chi connectivity index (χ2v) is 10.7. The zero-order valence-corrected chi connectivity index (χ0v) is 20.7. The number of rotatable bonds is 9. The minimum Gasteiger partial charge on any atom is -0.147 e. The molecule has 2 aromatic carbocycles. The van der Waals surface area contributed by atoms with E-state index in [1.807, 2.05) is 48.5 Å². The van der Waals surface area contributed by atoms with Crippen LogP contribution in [0, 0.1) is 0 Å². The van der Waals surface area contributed by atoms with Crippen LogP contribution >= 0.6 is 12.4 Å². The van der Waals surface area contributed by atoms with Crippen LogP contribution in [0.4, 0.5) is 5.69 Å². The van der Waals surface area contributed by atoms with E-state index in [4.69, 9.17) is 4.74 Å². The summed E-state index contributed by atoms with van der Waals surface area (Å²) in [4.78, 5) is 38.9. The van der Waals surface area contributed by atoms with Gasteiger partial charge in [-0.1, -0.05) is 0 Å². The average Bonchev–Trinajstić information content (AvgIpc) is 2.89. The molecule has 1 amide bonds. The second-order valence-electron chi connectivity index (χ2n) is 7.44. The van der Waals surface area contributed by atoms with Crippen LogP contribution < -0.4 is 4.90 Å². The molecule has 0 fully saturated rings. The van der Waals surface area contributed by atoms with E-state index < -0.39 is 21.7 Å². The second kappa shape index (κ2) is 12.7. The Kier molecular flexibility index (Phi) is 10.3. The summed E-state index contributed by atoms with van der Waals surface area (Å²) in [6, 6.07) is 17.4. The quantitative estimate of drug-likeness (QED) is 0.400. The van der Waals surface area contributed by atoms with Crippen molar-refractivity contribution in [2.45, 2.75) is 42.0 Å². The fourth-order valence-electron chi connectivity index (χ4n) is 3.79. The van der Waals surface area contributed by atoms with E-state index in [-0.39, 0.29) is 40.2 Å². The molecule has 2 aromatic rings. The Morgan fingerprint density at radius 2 is 1.84 bits per heavy atom. The molecular formula is C24H28AsClNO5. The van der Waals surface area contributed by atoms with E-state index in [1.165, 1.54) is 4.90 Å². The summed E-state index contributed by atoms with van der Waals surface area (Å²) in [5.74, 6) is -1.50. The van der Waals surface area contributed by atoms with Gasteiger partial charge in [0, 0.05) is 0 Å². The molecule has 1 radical (unpaired) electrons. The number of carbonyl (C=O) groups excluding carboxylic acids is 2. The van der Waals surface area contributed by atoms with E-state index >= 15 is 0 Å². The monoisotopic (exact) mass is 520 g/mol. The number of hydrogen-bond acceptors (Lipinski definition) is 4. The van der Waals surface area contributed by atoms with Gasteiger partial charge in [-0.15, -0.1) is 12.4 Å². The predicted octanol–water partition coefficient (Wildman–Crippen LogP) is 3.95. The van der Waals surface area contributed by atoms with E-state index in [0.29, 0.717) is 31.6 Å². The summed E-state index contributed by atoms with van der Waals surface area (Å²) in [7, 11) is 0. The molecule has 0 unspecified atom stereocenters. The smallest absolute Gasteiger partial charge is 0.147 e. The van der Waals surface area contributed by atoms with Crippen LogP contribution in [0.15, 0.2) is 54.6 Å². The summed E-state index contributed by atoms with van der Waals surface area (Å²) < 4.78 is 4.66. The fourth-order valence-corrected chi connectivity index (χ4v) is 6.84. The molecule has 1 aliphatic rings. The van der Waals surface area contributed by atoms with Gasteiger partial charge in [-0.2, -0.15) is 0 Å². The number of nitrogens with zero attached hydrogens (tertiary/aromatic N) is 1. The van der Waals surface area contributed by atoms with Crippen LogP contribution in [-0.2, 0) is 32.0 Å². The third kappa shape index (κ3) is 6.85. The molecule has 32 heavy (non-hydrogen) atoms. The molecule has 3 rings (SSSR count). The van der Waals surface area contributed by atoms with Gasteiger partial charge >= 0.3 is 189 Å². The fraction of sp³-hybridized carbons (Fsp3) is 0.375. The van der Waals surface area contributed by atoms with Crippen LogP contribution in [-0.4, -0.2) is 51.9 Å². The number of para-hydroxylation sites is 1. The molecule has 171 valence electrons. The van der Waals surface area contributed by atoms with Crippen molar-refractivity contribution in [2.24, 2.45) is 0 Å². The number of hydrogen-bond donors (Lipinski definition) is 1. The van der Waals surface area contributed by atoms with E-state index in [9.17, 15) is 19.5 Å². The van der Waals surface area contributed by atoms with Gasteiger partial charge in [0.15, 0.2) is 0 Å². The van der Waals surface area contributed by atoms with Gasteiger partial charge in [0.05, 0.1) is 0 Å². The normalized spacial score (nSPS) is 16.7. The van der Waals surface area contributed by atoms with Crippen LogP contribution in [0.25, 0.3) is 0 Å². The number of carboxylic acids is 1.